The minimum Gasteiger partial charge on any atom is -0.469 e. The Hall–Kier alpha value is -2.19. The van der Waals surface area contributed by atoms with Crippen LogP contribution in [-0.2, 0) is 37.3 Å². The van der Waals surface area contributed by atoms with Crippen molar-refractivity contribution in [1.29, 1.82) is 0 Å². The van der Waals surface area contributed by atoms with E-state index >= 15 is 0 Å². The molecule has 1 heterocycles. The number of methoxy groups -OCH3 is 1. The molecular formula is C21H24NO5S+. The summed E-state index contributed by atoms with van der Waals surface area (Å²) < 4.78 is 11.6. The maximum atomic E-state index is 11.4. The van der Waals surface area contributed by atoms with Crippen molar-refractivity contribution in [2.24, 2.45) is 0 Å². The zero-order valence-electron chi connectivity index (χ0n) is 16.4. The van der Waals surface area contributed by atoms with Gasteiger partial charge in [-0.2, -0.15) is 4.58 Å². The molecule has 28 heavy (non-hydrogen) atoms. The molecule has 1 N–H and O–H groups in total. The minimum atomic E-state index is -0.239. The predicted octanol–water partition coefficient (Wildman–Crippen LogP) is 4.43. The molecule has 0 aliphatic carbocycles. The number of hydrogen-bond donors (Lipinski definition) is 1. The van der Waals surface area contributed by atoms with Gasteiger partial charge in [-0.15, -0.1) is 4.33 Å². The van der Waals surface area contributed by atoms with Crippen LogP contribution in [0.4, 0.5) is 5.69 Å². The van der Waals surface area contributed by atoms with E-state index in [1.54, 1.807) is 0 Å². The average Bonchev–Trinajstić information content (AvgIpc) is 2.88. The van der Waals surface area contributed by atoms with Crippen LogP contribution in [-0.4, -0.2) is 28.6 Å². The zero-order chi connectivity index (χ0) is 20.3. The standard InChI is InChI=1S/C21H23NO5S/c1-14-21(2,3)18-12-17(28-27-26-24)9-10-19(18)22(14)13-16-7-5-15(6-8-16)11-20(23)25-4/h5-10,12H,11,13H2,1-4H3/p+1. The first kappa shape index (κ1) is 20.5. The molecule has 2 aromatic carbocycles. The molecular weight excluding hydrogens is 378 g/mol. The van der Waals surface area contributed by atoms with Crippen molar-refractivity contribution in [1.82, 2.24) is 0 Å². The largest absolute Gasteiger partial charge is 0.469 e. The summed E-state index contributed by atoms with van der Waals surface area (Å²) in [6, 6.07) is 14.1. The second kappa shape index (κ2) is 8.45. The van der Waals surface area contributed by atoms with Gasteiger partial charge in [0.05, 0.1) is 31.0 Å². The van der Waals surface area contributed by atoms with Gasteiger partial charge in [0.2, 0.25) is 5.69 Å². The second-order valence-electron chi connectivity index (χ2n) is 7.27. The summed E-state index contributed by atoms with van der Waals surface area (Å²) in [4.78, 5) is 12.3. The van der Waals surface area contributed by atoms with Crippen molar-refractivity contribution >= 4 is 29.4 Å². The van der Waals surface area contributed by atoms with E-state index in [0.717, 1.165) is 40.3 Å². The van der Waals surface area contributed by atoms with Gasteiger partial charge < -0.3 is 4.74 Å². The van der Waals surface area contributed by atoms with E-state index in [4.69, 9.17) is 9.99 Å². The van der Waals surface area contributed by atoms with Crippen LogP contribution in [0.5, 0.6) is 0 Å². The first-order chi connectivity index (χ1) is 13.4. The van der Waals surface area contributed by atoms with Gasteiger partial charge in [0.15, 0.2) is 12.3 Å². The van der Waals surface area contributed by atoms with Crippen molar-refractivity contribution in [3.8, 4) is 0 Å². The summed E-state index contributed by atoms with van der Waals surface area (Å²) in [5, 5.41) is 12.1. The fourth-order valence-electron chi connectivity index (χ4n) is 3.46. The Balaban J connectivity index is 1.85. The molecule has 0 unspecified atom stereocenters. The molecule has 0 radical (unpaired) electrons. The lowest BCUT2D eigenvalue weighted by Crippen LogP contribution is -2.26. The van der Waals surface area contributed by atoms with Crippen molar-refractivity contribution in [2.75, 3.05) is 7.11 Å². The number of carbonyl (C=O) groups excluding carboxylic acids is 1. The summed E-state index contributed by atoms with van der Waals surface area (Å²) in [5.41, 5.74) is 5.56. The Bertz CT molecular complexity index is 906. The highest BCUT2D eigenvalue weighted by molar-refractivity contribution is 7.94. The third kappa shape index (κ3) is 4.12. The number of carbonyl (C=O) groups is 1. The zero-order valence-corrected chi connectivity index (χ0v) is 17.2. The van der Waals surface area contributed by atoms with E-state index in [0.29, 0.717) is 0 Å². The smallest absolute Gasteiger partial charge is 0.309 e. The van der Waals surface area contributed by atoms with Crippen molar-refractivity contribution in [3.05, 3.63) is 59.2 Å². The first-order valence-corrected chi connectivity index (χ1v) is 9.66. The molecule has 1 aliphatic rings. The van der Waals surface area contributed by atoms with Crippen LogP contribution in [0, 0.1) is 0 Å². The molecule has 6 nitrogen and oxygen atoms in total. The molecule has 0 aromatic heterocycles. The number of hydrogen-bond acceptors (Lipinski definition) is 6. The Morgan fingerprint density at radius 3 is 2.46 bits per heavy atom. The number of benzene rings is 2. The van der Waals surface area contributed by atoms with Crippen molar-refractivity contribution in [3.63, 3.8) is 0 Å². The molecule has 148 valence electrons. The molecule has 1 aliphatic heterocycles. The molecule has 0 atom stereocenters. The lowest BCUT2D eigenvalue weighted by Gasteiger charge is -2.15. The van der Waals surface area contributed by atoms with Crippen LogP contribution in [0.3, 0.4) is 0 Å². The third-order valence-corrected chi connectivity index (χ3v) is 5.92. The van der Waals surface area contributed by atoms with Gasteiger partial charge in [-0.3, -0.25) is 4.79 Å². The summed E-state index contributed by atoms with van der Waals surface area (Å²) in [7, 11) is 1.40. The Morgan fingerprint density at radius 1 is 1.14 bits per heavy atom. The van der Waals surface area contributed by atoms with Crippen molar-refractivity contribution in [2.45, 2.75) is 44.0 Å². The van der Waals surface area contributed by atoms with E-state index in [-0.39, 0.29) is 17.8 Å². The van der Waals surface area contributed by atoms with Crippen LogP contribution in [0.15, 0.2) is 47.4 Å². The molecule has 7 heteroatoms. The van der Waals surface area contributed by atoms with Crippen LogP contribution in [0.25, 0.3) is 0 Å². The fourth-order valence-corrected chi connectivity index (χ4v) is 3.86. The number of rotatable bonds is 7. The molecule has 0 amide bonds. The number of esters is 1. The maximum absolute atomic E-state index is 11.4. The number of nitrogens with zero attached hydrogens (tertiary/aromatic N) is 1. The summed E-state index contributed by atoms with van der Waals surface area (Å²) in [6.45, 7) is 7.27. The monoisotopic (exact) mass is 402 g/mol. The molecule has 2 aromatic rings. The minimum absolute atomic E-state index is 0.128. The molecule has 0 saturated heterocycles. The first-order valence-electron chi connectivity index (χ1n) is 8.92. The van der Waals surface area contributed by atoms with Gasteiger partial charge in [-0.1, -0.05) is 29.3 Å². The summed E-state index contributed by atoms with van der Waals surface area (Å²) in [5.74, 6) is -0.239. The number of fused-ring (bicyclic) bond motifs is 1. The predicted molar refractivity (Wildman–Crippen MR) is 107 cm³/mol. The average molecular weight is 402 g/mol. The number of ether oxygens (including phenoxy) is 1. The van der Waals surface area contributed by atoms with Gasteiger partial charge in [0.1, 0.15) is 0 Å². The molecule has 0 spiro atoms. The lowest BCUT2D eigenvalue weighted by atomic mass is 9.82. The van der Waals surface area contributed by atoms with Crippen LogP contribution in [0.1, 0.15) is 37.5 Å². The highest BCUT2D eigenvalue weighted by atomic mass is 32.2. The second-order valence-corrected chi connectivity index (χ2v) is 8.04. The quantitative estimate of drug-likeness (QED) is 0.243. The lowest BCUT2D eigenvalue weighted by molar-refractivity contribution is -0.456. The topological polar surface area (TPSA) is 68.0 Å². The van der Waals surface area contributed by atoms with Crippen LogP contribution in [0.2, 0.25) is 0 Å². The molecule has 0 fully saturated rings. The van der Waals surface area contributed by atoms with Crippen LogP contribution < -0.4 is 0 Å². The van der Waals surface area contributed by atoms with Gasteiger partial charge in [0.25, 0.3) is 0 Å². The van der Waals surface area contributed by atoms with E-state index < -0.39 is 0 Å². The Morgan fingerprint density at radius 2 is 1.82 bits per heavy atom. The van der Waals surface area contributed by atoms with Gasteiger partial charge in [-0.05, 0) is 31.5 Å². The highest BCUT2D eigenvalue weighted by Gasteiger charge is 2.43. The molecule has 0 saturated carbocycles. The van der Waals surface area contributed by atoms with Gasteiger partial charge in [0, 0.05) is 29.0 Å². The normalized spacial score (nSPS) is 14.9. The third-order valence-electron chi connectivity index (χ3n) is 5.34. The summed E-state index contributed by atoms with van der Waals surface area (Å²) in [6.07, 6.45) is 0.279. The SMILES string of the molecule is COC(=O)Cc1ccc(C[N+]2=C(C)C(C)(C)c3cc(SOOO)ccc32)cc1. The maximum Gasteiger partial charge on any atom is 0.309 e. The van der Waals surface area contributed by atoms with E-state index in [2.05, 4.69) is 46.9 Å². The van der Waals surface area contributed by atoms with E-state index in [1.165, 1.54) is 18.4 Å². The van der Waals surface area contributed by atoms with Gasteiger partial charge in [-0.25, -0.2) is 5.26 Å². The highest BCUT2D eigenvalue weighted by Crippen LogP contribution is 2.42. The van der Waals surface area contributed by atoms with Gasteiger partial charge >= 0.3 is 5.97 Å². The molecule has 0 bridgehead atoms. The Kier molecular flexibility index (Phi) is 6.20. The van der Waals surface area contributed by atoms with Crippen LogP contribution >= 0.6 is 12.0 Å². The fraction of sp³-hybridized carbons (Fsp3) is 0.333. The summed E-state index contributed by atoms with van der Waals surface area (Å²) >= 11 is 0.964. The Labute approximate surface area is 168 Å². The van der Waals surface area contributed by atoms with E-state index in [9.17, 15) is 4.79 Å². The molecule has 3 rings (SSSR count). The van der Waals surface area contributed by atoms with Crippen molar-refractivity contribution < 1.29 is 28.7 Å². The van der Waals surface area contributed by atoms with E-state index in [1.807, 2.05) is 30.3 Å².